The zero-order valence-electron chi connectivity index (χ0n) is 36.8. The Bertz CT molecular complexity index is 942. The monoisotopic (exact) mass is 641 g/mol. The largest absolute Gasteiger partial charge is 0.0778 e. The van der Waals surface area contributed by atoms with Gasteiger partial charge in [0.25, 0.3) is 0 Å². The number of benzene rings is 3. The van der Waals surface area contributed by atoms with E-state index in [1.165, 1.54) is 44.2 Å². The minimum absolute atomic E-state index is 0.437. The van der Waals surface area contributed by atoms with Crippen LogP contribution in [0.15, 0.2) is 71.8 Å². The Kier molecular flexibility index (Phi) is 49.9. The molecular formula is C46H88. The zero-order valence-corrected chi connectivity index (χ0v) is 36.8. The number of aryl methyl sites for hydroxylation is 4. The molecule has 0 heteroatoms. The summed E-state index contributed by atoms with van der Waals surface area (Å²) in [6.07, 6.45) is 0. The second kappa shape index (κ2) is 38.8. The maximum Gasteiger partial charge on any atom is -0.0181 e. The van der Waals surface area contributed by atoms with Crippen LogP contribution in [-0.2, 0) is 0 Å². The molecule has 3 aromatic rings. The molecular weight excluding hydrogens is 553 g/mol. The first-order chi connectivity index (χ1) is 21.5. The van der Waals surface area contributed by atoms with Crippen molar-refractivity contribution in [3.63, 3.8) is 0 Å². The second-order valence-corrected chi connectivity index (χ2v) is 11.9. The summed E-state index contributed by atoms with van der Waals surface area (Å²) in [5, 5.41) is 2.67. The fourth-order valence-corrected chi connectivity index (χ4v) is 2.13. The summed E-state index contributed by atoms with van der Waals surface area (Å²) in [5.74, 6) is 0. The average molecular weight is 641 g/mol. The minimum Gasteiger partial charge on any atom is -0.0778 e. The molecule has 0 saturated carbocycles. The van der Waals surface area contributed by atoms with Crippen molar-refractivity contribution in [3.05, 3.63) is 94.1 Å². The highest BCUT2D eigenvalue weighted by atomic mass is 14.3. The highest BCUT2D eigenvalue weighted by molar-refractivity contribution is 5.83. The molecule has 46 heavy (non-hydrogen) atoms. The van der Waals surface area contributed by atoms with Crippen molar-refractivity contribution < 1.29 is 0 Å². The number of rotatable bonds is 0. The van der Waals surface area contributed by atoms with E-state index in [0.29, 0.717) is 10.8 Å². The van der Waals surface area contributed by atoms with E-state index in [1.807, 2.05) is 83.1 Å². The first kappa shape index (κ1) is 59.1. The molecule has 3 rings (SSSR count). The third-order valence-electron chi connectivity index (χ3n) is 7.04. The van der Waals surface area contributed by atoms with Crippen LogP contribution in [0.5, 0.6) is 0 Å². The molecule has 272 valence electrons. The lowest BCUT2D eigenvalue weighted by Crippen LogP contribution is -2.25. The van der Waals surface area contributed by atoms with Gasteiger partial charge in [-0.3, -0.25) is 0 Å². The van der Waals surface area contributed by atoms with Crippen LogP contribution < -0.4 is 0 Å². The molecule has 0 aliphatic carbocycles. The Balaban J connectivity index is -0.0000000810. The maximum absolute atomic E-state index is 2.27. The van der Waals surface area contributed by atoms with Crippen molar-refractivity contribution in [1.82, 2.24) is 0 Å². The molecule has 0 aliphatic rings. The molecule has 0 radical (unpaired) electrons. The van der Waals surface area contributed by atoms with Crippen LogP contribution in [0.3, 0.4) is 0 Å². The molecule has 0 aromatic heterocycles. The molecule has 0 bridgehead atoms. The molecule has 0 N–H and O–H groups in total. The van der Waals surface area contributed by atoms with E-state index in [0.717, 1.165) is 0 Å². The van der Waals surface area contributed by atoms with Crippen LogP contribution in [0.2, 0.25) is 0 Å². The maximum atomic E-state index is 2.27. The Labute approximate surface area is 294 Å². The summed E-state index contributed by atoms with van der Waals surface area (Å²) < 4.78 is 0. The van der Waals surface area contributed by atoms with Crippen LogP contribution in [0, 0.1) is 38.5 Å². The SMILES string of the molecule is CC.CC.CC.CC.CC.CC.CC(C)(C)C(C)(C)C.CC(C)=C(C)C.Cc1cc2ccccc2cc1C.Cc1ccccc1C. The van der Waals surface area contributed by atoms with Gasteiger partial charge in [-0.1, -0.05) is 196 Å². The quantitative estimate of drug-likeness (QED) is 0.214. The van der Waals surface area contributed by atoms with Crippen molar-refractivity contribution in [1.29, 1.82) is 0 Å². The van der Waals surface area contributed by atoms with Gasteiger partial charge < -0.3 is 0 Å². The molecule has 0 unspecified atom stereocenters. The van der Waals surface area contributed by atoms with E-state index in [9.17, 15) is 0 Å². The van der Waals surface area contributed by atoms with Gasteiger partial charge >= 0.3 is 0 Å². The Morgan fingerprint density at radius 2 is 0.543 bits per heavy atom. The summed E-state index contributed by atoms with van der Waals surface area (Å²) in [6, 6.07) is 21.3. The van der Waals surface area contributed by atoms with Crippen LogP contribution in [0.4, 0.5) is 0 Å². The normalized spacial score (nSPS) is 8.65. The van der Waals surface area contributed by atoms with Crippen LogP contribution in [0.25, 0.3) is 10.8 Å². The van der Waals surface area contributed by atoms with Crippen LogP contribution in [0.1, 0.15) is 175 Å². The van der Waals surface area contributed by atoms with Gasteiger partial charge in [0.05, 0.1) is 0 Å². The Morgan fingerprint density at radius 1 is 0.348 bits per heavy atom. The fraction of sp³-hybridized carbons (Fsp3) is 0.609. The van der Waals surface area contributed by atoms with Gasteiger partial charge in [0.1, 0.15) is 0 Å². The summed E-state index contributed by atoms with van der Waals surface area (Å²) in [6.45, 7) is 54.7. The van der Waals surface area contributed by atoms with Crippen LogP contribution >= 0.6 is 0 Å². The van der Waals surface area contributed by atoms with Gasteiger partial charge in [-0.2, -0.15) is 0 Å². The lowest BCUT2D eigenvalue weighted by Gasteiger charge is -2.34. The number of hydrogen-bond acceptors (Lipinski definition) is 0. The summed E-state index contributed by atoms with van der Waals surface area (Å²) in [7, 11) is 0. The highest BCUT2D eigenvalue weighted by Gasteiger charge is 2.26. The second-order valence-electron chi connectivity index (χ2n) is 11.9. The predicted octanol–water partition coefficient (Wildman–Crippen LogP) is 17.4. The van der Waals surface area contributed by atoms with E-state index in [-0.39, 0.29) is 0 Å². The third kappa shape index (κ3) is 34.5. The van der Waals surface area contributed by atoms with Gasteiger partial charge in [-0.25, -0.2) is 0 Å². The van der Waals surface area contributed by atoms with Gasteiger partial charge in [0.2, 0.25) is 0 Å². The van der Waals surface area contributed by atoms with Crippen molar-refractivity contribution in [2.45, 2.75) is 180 Å². The molecule has 0 amide bonds. The first-order valence-electron chi connectivity index (χ1n) is 18.6. The number of allylic oxidation sites excluding steroid dienone is 2. The van der Waals surface area contributed by atoms with Gasteiger partial charge in [-0.05, 0) is 99.2 Å². The molecule has 0 spiro atoms. The summed E-state index contributed by atoms with van der Waals surface area (Å²) >= 11 is 0. The molecule has 0 nitrogen and oxygen atoms in total. The lowest BCUT2D eigenvalue weighted by atomic mass is 9.71. The topological polar surface area (TPSA) is 0 Å². The van der Waals surface area contributed by atoms with Crippen molar-refractivity contribution in [3.8, 4) is 0 Å². The third-order valence-corrected chi connectivity index (χ3v) is 7.04. The number of hydrogen-bond donors (Lipinski definition) is 0. The average Bonchev–Trinajstić information content (AvgIpc) is 3.05. The number of fused-ring (bicyclic) bond motifs is 1. The lowest BCUT2D eigenvalue weighted by molar-refractivity contribution is 0.157. The van der Waals surface area contributed by atoms with Gasteiger partial charge in [-0.15, -0.1) is 0 Å². The zero-order chi connectivity index (χ0) is 38.7. The predicted molar refractivity (Wildman–Crippen MR) is 226 cm³/mol. The van der Waals surface area contributed by atoms with E-state index in [1.54, 1.807) is 0 Å². The Morgan fingerprint density at radius 3 is 0.696 bits per heavy atom. The standard InChI is InChI=1S/C12H12.C8H10.C8H18.C6H12.6C2H6/c1-9-7-11-5-3-4-6-12(11)8-10(9)2;1-7-5-3-4-6-8(7)2;1-7(2,3)8(4,5)6;1-5(2)6(3)4;6*1-2/h3-8H,1-2H3;3-6H,1-2H3;1-6H3;1-4H3;6*1-2H3. The molecule has 3 aromatic carbocycles. The summed E-state index contributed by atoms with van der Waals surface area (Å²) in [5.41, 5.74) is 9.20. The van der Waals surface area contributed by atoms with E-state index in [2.05, 4.69) is 158 Å². The molecule has 0 saturated heterocycles. The molecule has 0 aliphatic heterocycles. The van der Waals surface area contributed by atoms with Gasteiger partial charge in [0, 0.05) is 0 Å². The molecule has 0 heterocycles. The first-order valence-corrected chi connectivity index (χ1v) is 18.6. The van der Waals surface area contributed by atoms with Crippen LogP contribution in [-0.4, -0.2) is 0 Å². The molecule has 0 atom stereocenters. The van der Waals surface area contributed by atoms with E-state index in [4.69, 9.17) is 0 Å². The van der Waals surface area contributed by atoms with Crippen molar-refractivity contribution >= 4 is 10.8 Å². The highest BCUT2D eigenvalue weighted by Crippen LogP contribution is 2.36. The van der Waals surface area contributed by atoms with E-state index >= 15 is 0 Å². The fourth-order valence-electron chi connectivity index (χ4n) is 2.13. The van der Waals surface area contributed by atoms with E-state index < -0.39 is 0 Å². The summed E-state index contributed by atoms with van der Waals surface area (Å²) in [4.78, 5) is 0. The van der Waals surface area contributed by atoms with Crippen molar-refractivity contribution in [2.75, 3.05) is 0 Å². The molecule has 0 fully saturated rings. The Hall–Kier alpha value is -2.34. The van der Waals surface area contributed by atoms with Gasteiger partial charge in [0.15, 0.2) is 0 Å². The van der Waals surface area contributed by atoms with Crippen molar-refractivity contribution in [2.24, 2.45) is 10.8 Å². The smallest absolute Gasteiger partial charge is 0.0181 e. The minimum atomic E-state index is 0.437.